The maximum atomic E-state index is 12.7. The number of aryl methyl sites for hydroxylation is 2. The minimum Gasteiger partial charge on any atom is -0.477 e. The number of carbonyl (C=O) groups is 2. The van der Waals surface area contributed by atoms with Gasteiger partial charge >= 0.3 is 5.97 Å². The van der Waals surface area contributed by atoms with Crippen LogP contribution >= 0.6 is 11.3 Å². The van der Waals surface area contributed by atoms with E-state index in [1.165, 1.54) is 11.3 Å². The smallest absolute Gasteiger partial charge is 0.345 e. The first kappa shape index (κ1) is 19.1. The summed E-state index contributed by atoms with van der Waals surface area (Å²) in [5, 5.41) is 13.3. The van der Waals surface area contributed by atoms with Crippen molar-refractivity contribution < 1.29 is 24.0 Å². The van der Waals surface area contributed by atoms with Gasteiger partial charge in [-0.3, -0.25) is 4.79 Å². The normalized spacial score (nSPS) is 18.3. The lowest BCUT2D eigenvalue weighted by molar-refractivity contribution is -0.140. The van der Waals surface area contributed by atoms with Crippen molar-refractivity contribution in [1.29, 1.82) is 0 Å². The third-order valence-electron chi connectivity index (χ3n) is 5.91. The SMILES string of the molecule is Cc1noc(C)c1CCC(=O)N1CCC2(CC1)OCCc1sc(C(=O)O)cc12. The van der Waals surface area contributed by atoms with Gasteiger partial charge in [-0.05, 0) is 44.7 Å². The number of amides is 1. The molecule has 7 nitrogen and oxygen atoms in total. The number of hydrogen-bond acceptors (Lipinski definition) is 6. The average Bonchev–Trinajstić information content (AvgIpc) is 3.26. The highest BCUT2D eigenvalue weighted by molar-refractivity contribution is 7.14. The zero-order chi connectivity index (χ0) is 19.9. The summed E-state index contributed by atoms with van der Waals surface area (Å²) in [6, 6.07) is 1.77. The van der Waals surface area contributed by atoms with Crippen LogP contribution in [0.5, 0.6) is 0 Å². The van der Waals surface area contributed by atoms with Crippen LogP contribution in [-0.2, 0) is 28.0 Å². The standard InChI is InChI=1S/C20H24N2O5S/c1-12-14(13(2)27-21-12)3-4-18(23)22-8-6-20(7-9-22)15-11-17(19(24)25)28-16(15)5-10-26-20/h11H,3-10H2,1-2H3,(H,24,25). The third kappa shape index (κ3) is 3.35. The number of thiophene rings is 1. The number of fused-ring (bicyclic) bond motifs is 2. The van der Waals surface area contributed by atoms with E-state index >= 15 is 0 Å². The number of aromatic nitrogens is 1. The van der Waals surface area contributed by atoms with Gasteiger partial charge in [0.25, 0.3) is 0 Å². The van der Waals surface area contributed by atoms with E-state index in [-0.39, 0.29) is 5.91 Å². The number of carbonyl (C=O) groups excluding carboxylic acids is 1. The summed E-state index contributed by atoms with van der Waals surface area (Å²) >= 11 is 1.35. The molecule has 2 aromatic rings. The molecular formula is C20H24N2O5S. The molecule has 0 unspecified atom stereocenters. The molecule has 1 spiro atoms. The zero-order valence-corrected chi connectivity index (χ0v) is 16.9. The summed E-state index contributed by atoms with van der Waals surface area (Å²) in [6.45, 7) is 5.61. The van der Waals surface area contributed by atoms with Crippen LogP contribution in [0.1, 0.15) is 56.4 Å². The van der Waals surface area contributed by atoms with Crippen LogP contribution < -0.4 is 0 Å². The minimum absolute atomic E-state index is 0.127. The molecule has 4 heterocycles. The van der Waals surface area contributed by atoms with Crippen molar-refractivity contribution in [3.8, 4) is 0 Å². The Kier molecular flexibility index (Phi) is 5.01. The number of nitrogens with zero attached hydrogens (tertiary/aromatic N) is 2. The summed E-state index contributed by atoms with van der Waals surface area (Å²) in [7, 11) is 0. The van der Waals surface area contributed by atoms with Gasteiger partial charge in [-0.25, -0.2) is 4.79 Å². The largest absolute Gasteiger partial charge is 0.477 e. The minimum atomic E-state index is -0.888. The molecule has 28 heavy (non-hydrogen) atoms. The number of carboxylic acids is 1. The monoisotopic (exact) mass is 404 g/mol. The molecule has 4 rings (SSSR count). The Bertz CT molecular complexity index is 888. The molecule has 1 N–H and O–H groups in total. The number of aromatic carboxylic acids is 1. The molecule has 0 bridgehead atoms. The Hall–Kier alpha value is -2.19. The van der Waals surface area contributed by atoms with Crippen LogP contribution in [0.25, 0.3) is 0 Å². The molecule has 0 radical (unpaired) electrons. The van der Waals surface area contributed by atoms with E-state index in [0.717, 1.165) is 33.9 Å². The lowest BCUT2D eigenvalue weighted by atomic mass is 9.82. The predicted molar refractivity (Wildman–Crippen MR) is 103 cm³/mol. The Morgan fingerprint density at radius 1 is 1.32 bits per heavy atom. The van der Waals surface area contributed by atoms with Gasteiger partial charge in [0.05, 0.1) is 17.9 Å². The highest BCUT2D eigenvalue weighted by atomic mass is 32.1. The molecule has 1 saturated heterocycles. The van der Waals surface area contributed by atoms with Crippen LogP contribution in [0.3, 0.4) is 0 Å². The molecule has 150 valence electrons. The van der Waals surface area contributed by atoms with Gasteiger partial charge < -0.3 is 19.3 Å². The number of rotatable bonds is 4. The van der Waals surface area contributed by atoms with Crippen LogP contribution in [0.15, 0.2) is 10.6 Å². The van der Waals surface area contributed by atoms with E-state index in [9.17, 15) is 14.7 Å². The number of ether oxygens (including phenoxy) is 1. The Labute approximate surface area is 167 Å². The fourth-order valence-corrected chi connectivity index (χ4v) is 5.37. The Morgan fingerprint density at radius 3 is 2.71 bits per heavy atom. The molecule has 1 amide bonds. The van der Waals surface area contributed by atoms with Gasteiger partial charge in [-0.15, -0.1) is 11.3 Å². The lowest BCUT2D eigenvalue weighted by Crippen LogP contribution is -2.48. The molecule has 2 aromatic heterocycles. The number of likely N-dealkylation sites (tertiary alicyclic amines) is 1. The van der Waals surface area contributed by atoms with Gasteiger partial charge in [0.1, 0.15) is 10.6 Å². The van der Waals surface area contributed by atoms with Crippen LogP contribution in [0.2, 0.25) is 0 Å². The van der Waals surface area contributed by atoms with E-state index in [1.807, 2.05) is 18.7 Å². The Balaban J connectivity index is 1.41. The second kappa shape index (κ2) is 7.33. The van der Waals surface area contributed by atoms with Gasteiger partial charge in [-0.1, -0.05) is 5.16 Å². The number of piperidine rings is 1. The summed E-state index contributed by atoms with van der Waals surface area (Å²) in [5.41, 5.74) is 2.43. The summed E-state index contributed by atoms with van der Waals surface area (Å²) in [4.78, 5) is 27.4. The first-order valence-corrected chi connectivity index (χ1v) is 10.4. The third-order valence-corrected chi connectivity index (χ3v) is 7.09. The van der Waals surface area contributed by atoms with Gasteiger partial charge in [0, 0.05) is 36.4 Å². The maximum absolute atomic E-state index is 12.7. The highest BCUT2D eigenvalue weighted by Crippen LogP contribution is 2.44. The predicted octanol–water partition coefficient (Wildman–Crippen LogP) is 3.07. The molecular weight excluding hydrogens is 380 g/mol. The van der Waals surface area contributed by atoms with Gasteiger partial charge in [-0.2, -0.15) is 0 Å². The van der Waals surface area contributed by atoms with Crippen LogP contribution in [-0.4, -0.2) is 46.7 Å². The van der Waals surface area contributed by atoms with E-state index in [0.29, 0.717) is 50.3 Å². The van der Waals surface area contributed by atoms with E-state index in [1.54, 1.807) is 6.07 Å². The van der Waals surface area contributed by atoms with Crippen molar-refractivity contribution in [2.24, 2.45) is 0 Å². The highest BCUT2D eigenvalue weighted by Gasteiger charge is 2.43. The van der Waals surface area contributed by atoms with Crippen molar-refractivity contribution in [2.45, 2.75) is 51.6 Å². The molecule has 0 aliphatic carbocycles. The topological polar surface area (TPSA) is 92.9 Å². The quantitative estimate of drug-likeness (QED) is 0.842. The van der Waals surface area contributed by atoms with E-state index in [4.69, 9.17) is 9.26 Å². The fourth-order valence-electron chi connectivity index (χ4n) is 4.30. The van der Waals surface area contributed by atoms with E-state index in [2.05, 4.69) is 5.16 Å². The molecule has 0 atom stereocenters. The number of carboxylic acid groups (broad SMARTS) is 1. The first-order chi connectivity index (χ1) is 13.4. The van der Waals surface area contributed by atoms with E-state index < -0.39 is 11.6 Å². The fraction of sp³-hybridized carbons (Fsp3) is 0.550. The summed E-state index contributed by atoms with van der Waals surface area (Å²) in [5.74, 6) is 0.0154. The number of hydrogen-bond donors (Lipinski definition) is 1. The van der Waals surface area contributed by atoms with Crippen molar-refractivity contribution in [1.82, 2.24) is 10.1 Å². The average molecular weight is 404 g/mol. The molecule has 0 aromatic carbocycles. The Morgan fingerprint density at radius 2 is 2.07 bits per heavy atom. The second-order valence-corrected chi connectivity index (χ2v) is 8.67. The van der Waals surface area contributed by atoms with Gasteiger partial charge in [0.15, 0.2) is 0 Å². The molecule has 1 fully saturated rings. The molecule has 8 heteroatoms. The van der Waals surface area contributed by atoms with Gasteiger partial charge in [0.2, 0.25) is 5.91 Å². The van der Waals surface area contributed by atoms with Crippen LogP contribution in [0.4, 0.5) is 0 Å². The zero-order valence-electron chi connectivity index (χ0n) is 16.1. The maximum Gasteiger partial charge on any atom is 0.345 e. The second-order valence-electron chi connectivity index (χ2n) is 7.53. The lowest BCUT2D eigenvalue weighted by Gasteiger charge is -2.44. The van der Waals surface area contributed by atoms with Crippen molar-refractivity contribution >= 4 is 23.2 Å². The van der Waals surface area contributed by atoms with Crippen molar-refractivity contribution in [2.75, 3.05) is 19.7 Å². The van der Waals surface area contributed by atoms with Crippen LogP contribution in [0, 0.1) is 13.8 Å². The summed E-state index contributed by atoms with van der Waals surface area (Å²) in [6.07, 6.45) is 3.23. The molecule has 2 aliphatic rings. The van der Waals surface area contributed by atoms with Crippen molar-refractivity contribution in [3.63, 3.8) is 0 Å². The first-order valence-electron chi connectivity index (χ1n) is 9.59. The van der Waals surface area contributed by atoms with Crippen molar-refractivity contribution in [3.05, 3.63) is 38.4 Å². The molecule has 0 saturated carbocycles. The summed E-state index contributed by atoms with van der Waals surface area (Å²) < 4.78 is 11.3. The molecule has 2 aliphatic heterocycles.